The second-order valence-corrected chi connectivity index (χ2v) is 5.20. The quantitative estimate of drug-likeness (QED) is 0.810. The van der Waals surface area contributed by atoms with Gasteiger partial charge in [0.25, 0.3) is 0 Å². The molecule has 0 radical (unpaired) electrons. The fraction of sp³-hybridized carbons (Fsp3) is 0.500. The highest BCUT2D eigenvalue weighted by atomic mass is 16.2. The number of hydrogen-bond acceptors (Lipinski definition) is 1. The van der Waals surface area contributed by atoms with Gasteiger partial charge in [-0.15, -0.1) is 0 Å². The Morgan fingerprint density at radius 1 is 1.31 bits per heavy atom. The minimum absolute atomic E-state index is 0.0429. The highest BCUT2D eigenvalue weighted by Gasteiger charge is 2.32. The summed E-state index contributed by atoms with van der Waals surface area (Å²) in [4.78, 5) is 11.3. The van der Waals surface area contributed by atoms with Crippen LogP contribution in [0, 0.1) is 13.8 Å². The van der Waals surface area contributed by atoms with E-state index in [-0.39, 0.29) is 11.4 Å². The van der Waals surface area contributed by atoms with Crippen LogP contribution in [0.3, 0.4) is 0 Å². The molecule has 1 saturated heterocycles. The second kappa shape index (κ2) is 3.93. The molecule has 2 nitrogen and oxygen atoms in total. The molecule has 0 spiro atoms. The van der Waals surface area contributed by atoms with E-state index in [1.165, 1.54) is 16.7 Å². The van der Waals surface area contributed by atoms with Crippen molar-refractivity contribution < 1.29 is 4.79 Å². The van der Waals surface area contributed by atoms with Crippen molar-refractivity contribution in [1.82, 2.24) is 5.32 Å². The van der Waals surface area contributed by atoms with Crippen molar-refractivity contribution in [2.24, 2.45) is 0 Å². The summed E-state index contributed by atoms with van der Waals surface area (Å²) in [5.41, 5.74) is 3.92. The van der Waals surface area contributed by atoms with E-state index in [2.05, 4.69) is 44.3 Å². The maximum Gasteiger partial charge on any atom is 0.220 e. The Hall–Kier alpha value is -1.31. The van der Waals surface area contributed by atoms with Crippen LogP contribution in [0.4, 0.5) is 0 Å². The molecule has 1 aliphatic rings. The summed E-state index contributed by atoms with van der Waals surface area (Å²) in [7, 11) is 0. The number of carbonyl (C=O) groups is 1. The number of carbonyl (C=O) groups excluding carboxylic acids is 1. The van der Waals surface area contributed by atoms with E-state index >= 15 is 0 Å². The Morgan fingerprint density at radius 2 is 2.06 bits per heavy atom. The summed E-state index contributed by atoms with van der Waals surface area (Å²) >= 11 is 0. The van der Waals surface area contributed by atoms with Crippen LogP contribution in [0.15, 0.2) is 18.2 Å². The number of hydrogen-bond donors (Lipinski definition) is 1. The maximum atomic E-state index is 11.3. The van der Waals surface area contributed by atoms with Gasteiger partial charge in [-0.25, -0.2) is 0 Å². The summed E-state index contributed by atoms with van der Waals surface area (Å²) in [5.74, 6) is 0.186. The van der Waals surface area contributed by atoms with Crippen LogP contribution in [0.5, 0.6) is 0 Å². The van der Waals surface area contributed by atoms with E-state index in [9.17, 15) is 4.79 Å². The summed E-state index contributed by atoms with van der Waals surface area (Å²) in [6, 6.07) is 6.55. The van der Waals surface area contributed by atoms with Gasteiger partial charge in [0.15, 0.2) is 0 Å². The third-order valence-electron chi connectivity index (χ3n) is 3.51. The first-order valence-electron chi connectivity index (χ1n) is 5.86. The van der Waals surface area contributed by atoms with Gasteiger partial charge in [-0.1, -0.05) is 18.2 Å². The molecule has 2 rings (SSSR count). The topological polar surface area (TPSA) is 29.1 Å². The summed E-state index contributed by atoms with van der Waals surface area (Å²) in [6.07, 6.45) is 2.54. The molecule has 16 heavy (non-hydrogen) atoms. The molecule has 1 aromatic carbocycles. The van der Waals surface area contributed by atoms with Gasteiger partial charge in [-0.3, -0.25) is 4.79 Å². The Balaban J connectivity index is 2.14. The first-order valence-corrected chi connectivity index (χ1v) is 5.86. The summed E-state index contributed by atoms with van der Waals surface area (Å²) < 4.78 is 0. The Bertz CT molecular complexity index is 425. The van der Waals surface area contributed by atoms with Crippen molar-refractivity contribution in [2.45, 2.75) is 45.6 Å². The van der Waals surface area contributed by atoms with E-state index < -0.39 is 0 Å². The van der Waals surface area contributed by atoms with Gasteiger partial charge < -0.3 is 5.32 Å². The zero-order valence-corrected chi connectivity index (χ0v) is 10.3. The lowest BCUT2D eigenvalue weighted by atomic mass is 9.90. The first-order chi connectivity index (χ1) is 7.48. The lowest BCUT2D eigenvalue weighted by molar-refractivity contribution is -0.119. The van der Waals surface area contributed by atoms with Crippen LogP contribution >= 0.6 is 0 Å². The molecular weight excluding hydrogens is 198 g/mol. The van der Waals surface area contributed by atoms with Gasteiger partial charge in [-0.2, -0.15) is 0 Å². The Labute approximate surface area is 97.1 Å². The molecular formula is C14H19NO. The highest BCUT2D eigenvalue weighted by Crippen LogP contribution is 2.24. The van der Waals surface area contributed by atoms with Crippen molar-refractivity contribution >= 4 is 5.91 Å². The Morgan fingerprint density at radius 3 is 2.62 bits per heavy atom. The Kier molecular flexibility index (Phi) is 2.75. The molecule has 1 unspecified atom stereocenters. The van der Waals surface area contributed by atoms with Gasteiger partial charge >= 0.3 is 0 Å². The maximum absolute atomic E-state index is 11.3. The highest BCUT2D eigenvalue weighted by molar-refractivity contribution is 5.79. The second-order valence-electron chi connectivity index (χ2n) is 5.20. The molecule has 1 fully saturated rings. The van der Waals surface area contributed by atoms with E-state index in [0.29, 0.717) is 6.42 Å². The third-order valence-corrected chi connectivity index (χ3v) is 3.51. The first kappa shape index (κ1) is 11.2. The van der Waals surface area contributed by atoms with Gasteiger partial charge in [0.05, 0.1) is 0 Å². The van der Waals surface area contributed by atoms with Crippen molar-refractivity contribution in [3.05, 3.63) is 34.9 Å². The fourth-order valence-corrected chi connectivity index (χ4v) is 2.35. The molecule has 86 valence electrons. The van der Waals surface area contributed by atoms with Crippen LogP contribution in [0.25, 0.3) is 0 Å². The SMILES string of the molecule is Cc1ccc(CC2(C)CCC(=O)N2)cc1C. The molecule has 2 heteroatoms. The van der Waals surface area contributed by atoms with E-state index in [4.69, 9.17) is 0 Å². The van der Waals surface area contributed by atoms with Crippen molar-refractivity contribution in [2.75, 3.05) is 0 Å². The van der Waals surface area contributed by atoms with Crippen molar-refractivity contribution in [3.63, 3.8) is 0 Å². The fourth-order valence-electron chi connectivity index (χ4n) is 2.35. The molecule has 1 aromatic rings. The molecule has 1 amide bonds. The summed E-state index contributed by atoms with van der Waals surface area (Å²) in [5, 5.41) is 3.07. The van der Waals surface area contributed by atoms with E-state index in [1.807, 2.05) is 0 Å². The number of amides is 1. The lowest BCUT2D eigenvalue weighted by Crippen LogP contribution is -2.40. The summed E-state index contributed by atoms with van der Waals surface area (Å²) in [6.45, 7) is 6.39. The largest absolute Gasteiger partial charge is 0.351 e. The zero-order valence-electron chi connectivity index (χ0n) is 10.3. The normalized spacial score (nSPS) is 24.6. The standard InChI is InChI=1S/C14H19NO/c1-10-4-5-12(8-11(10)2)9-14(3)7-6-13(16)15-14/h4-5,8H,6-7,9H2,1-3H3,(H,15,16). The van der Waals surface area contributed by atoms with Crippen LogP contribution < -0.4 is 5.32 Å². The van der Waals surface area contributed by atoms with Crippen LogP contribution in [0.1, 0.15) is 36.5 Å². The third kappa shape index (κ3) is 2.26. The van der Waals surface area contributed by atoms with Gasteiger partial charge in [0, 0.05) is 12.0 Å². The van der Waals surface area contributed by atoms with Crippen LogP contribution in [-0.4, -0.2) is 11.4 Å². The average molecular weight is 217 g/mol. The zero-order chi connectivity index (χ0) is 11.8. The number of rotatable bonds is 2. The van der Waals surface area contributed by atoms with Crippen molar-refractivity contribution in [3.8, 4) is 0 Å². The van der Waals surface area contributed by atoms with E-state index in [1.54, 1.807) is 0 Å². The molecule has 1 heterocycles. The van der Waals surface area contributed by atoms with Crippen LogP contribution in [-0.2, 0) is 11.2 Å². The molecule has 0 aliphatic carbocycles. The van der Waals surface area contributed by atoms with Gasteiger partial charge in [-0.05, 0) is 50.3 Å². The minimum Gasteiger partial charge on any atom is -0.351 e. The predicted octanol–water partition coefficient (Wildman–Crippen LogP) is 2.51. The lowest BCUT2D eigenvalue weighted by Gasteiger charge is -2.24. The molecule has 0 bridgehead atoms. The van der Waals surface area contributed by atoms with Crippen LogP contribution in [0.2, 0.25) is 0 Å². The number of benzene rings is 1. The van der Waals surface area contributed by atoms with Gasteiger partial charge in [0.1, 0.15) is 0 Å². The number of nitrogens with one attached hydrogen (secondary N) is 1. The van der Waals surface area contributed by atoms with Gasteiger partial charge in [0.2, 0.25) is 5.91 Å². The van der Waals surface area contributed by atoms with Crippen molar-refractivity contribution in [1.29, 1.82) is 0 Å². The smallest absolute Gasteiger partial charge is 0.220 e. The molecule has 1 aliphatic heterocycles. The average Bonchev–Trinajstić information content (AvgIpc) is 2.52. The molecule has 1 atom stereocenters. The monoisotopic (exact) mass is 217 g/mol. The predicted molar refractivity (Wildman–Crippen MR) is 65.4 cm³/mol. The molecule has 1 N–H and O–H groups in total. The molecule has 0 aromatic heterocycles. The molecule has 0 saturated carbocycles. The van der Waals surface area contributed by atoms with E-state index in [0.717, 1.165) is 12.8 Å². The minimum atomic E-state index is -0.0429. The number of aryl methyl sites for hydroxylation is 2.